The predicted octanol–water partition coefficient (Wildman–Crippen LogP) is 3.71. The lowest BCUT2D eigenvalue weighted by Gasteiger charge is -2.38. The molecule has 0 unspecified atom stereocenters. The number of amides is 1. The third-order valence-corrected chi connectivity index (χ3v) is 9.69. The standard InChI is InChI=1S/C35H41N5O5/c1-3-24-7-4-8-25-17-26(41)18-27(30(24)25)32(42)40-19-28-29(20-40)36-33(37-31(28)39-13-5-9-34(2,43)21-39)45-23-35(10-11-35)22-38-12-6-15-44-16-14-38/h1,4,7-8,17-18,41,43H,5-6,9-16,19-23H2,2H3/t34-/m1/s1. The van der Waals surface area contributed by atoms with E-state index >= 15 is 0 Å². The zero-order valence-electron chi connectivity index (χ0n) is 25.9. The van der Waals surface area contributed by atoms with E-state index in [1.165, 1.54) is 6.07 Å². The molecule has 1 atom stereocenters. The Morgan fingerprint density at radius 1 is 1.11 bits per heavy atom. The van der Waals surface area contributed by atoms with Crippen LogP contribution in [0, 0.1) is 17.8 Å². The van der Waals surface area contributed by atoms with E-state index in [-0.39, 0.29) is 23.6 Å². The molecule has 1 aliphatic carbocycles. The van der Waals surface area contributed by atoms with Gasteiger partial charge in [-0.15, -0.1) is 6.42 Å². The van der Waals surface area contributed by atoms with E-state index in [9.17, 15) is 15.0 Å². The van der Waals surface area contributed by atoms with Gasteiger partial charge in [-0.3, -0.25) is 4.79 Å². The molecule has 4 aliphatic rings. The number of hydrogen-bond donors (Lipinski definition) is 2. The molecule has 236 valence electrons. The highest BCUT2D eigenvalue weighted by atomic mass is 16.5. The van der Waals surface area contributed by atoms with Crippen LogP contribution < -0.4 is 9.64 Å². The van der Waals surface area contributed by atoms with Crippen molar-refractivity contribution in [3.8, 4) is 24.1 Å². The molecule has 1 aromatic heterocycles. The molecule has 4 heterocycles. The Balaban J connectivity index is 1.17. The molecule has 3 fully saturated rings. The fourth-order valence-electron chi connectivity index (χ4n) is 7.13. The molecule has 0 radical (unpaired) electrons. The first kappa shape index (κ1) is 29.8. The molecule has 7 rings (SSSR count). The first-order valence-electron chi connectivity index (χ1n) is 16.0. The van der Waals surface area contributed by atoms with Crippen LogP contribution in [0.1, 0.15) is 66.2 Å². The van der Waals surface area contributed by atoms with Gasteiger partial charge in [-0.05, 0) is 62.6 Å². The molecule has 3 aromatic rings. The Hall–Kier alpha value is -3.91. The van der Waals surface area contributed by atoms with Gasteiger partial charge in [-0.1, -0.05) is 18.1 Å². The normalized spacial score (nSPS) is 23.0. The second-order valence-corrected chi connectivity index (χ2v) is 13.5. The average Bonchev–Trinajstić information content (AvgIpc) is 3.73. The molecule has 1 saturated carbocycles. The molecule has 1 amide bonds. The molecular weight excluding hydrogens is 570 g/mol. The van der Waals surface area contributed by atoms with Crippen LogP contribution in [0.15, 0.2) is 30.3 Å². The molecule has 2 saturated heterocycles. The highest BCUT2D eigenvalue weighted by Crippen LogP contribution is 2.47. The SMILES string of the molecule is C#Cc1cccc2cc(O)cc(C(=O)N3Cc4nc(OCC5(CN6CCCOCC6)CC5)nc(N5CCC[C@@](C)(O)C5)c4C3)c12. The van der Waals surface area contributed by atoms with Crippen molar-refractivity contribution in [2.24, 2.45) is 5.41 Å². The lowest BCUT2D eigenvalue weighted by Crippen LogP contribution is -2.47. The highest BCUT2D eigenvalue weighted by molar-refractivity contribution is 6.09. The van der Waals surface area contributed by atoms with Crippen LogP contribution in [0.2, 0.25) is 0 Å². The molecule has 3 aliphatic heterocycles. The number of rotatable bonds is 7. The molecule has 0 bridgehead atoms. The number of phenols is 1. The number of piperidine rings is 1. The highest BCUT2D eigenvalue weighted by Gasteiger charge is 2.45. The monoisotopic (exact) mass is 611 g/mol. The minimum atomic E-state index is -0.841. The van der Waals surface area contributed by atoms with E-state index in [4.69, 9.17) is 25.9 Å². The van der Waals surface area contributed by atoms with Crippen molar-refractivity contribution in [2.45, 2.75) is 57.7 Å². The van der Waals surface area contributed by atoms with Gasteiger partial charge in [-0.25, -0.2) is 0 Å². The van der Waals surface area contributed by atoms with Crippen molar-refractivity contribution < 1.29 is 24.5 Å². The number of carbonyl (C=O) groups is 1. The first-order chi connectivity index (χ1) is 21.7. The van der Waals surface area contributed by atoms with Crippen molar-refractivity contribution in [3.05, 3.63) is 52.7 Å². The van der Waals surface area contributed by atoms with Crippen LogP contribution >= 0.6 is 0 Å². The summed E-state index contributed by atoms with van der Waals surface area (Å²) in [6.07, 6.45) is 10.6. The summed E-state index contributed by atoms with van der Waals surface area (Å²) in [6, 6.07) is 8.89. The van der Waals surface area contributed by atoms with Crippen molar-refractivity contribution in [3.63, 3.8) is 0 Å². The van der Waals surface area contributed by atoms with E-state index in [2.05, 4.69) is 15.7 Å². The summed E-state index contributed by atoms with van der Waals surface area (Å²) in [4.78, 5) is 30.2. The van der Waals surface area contributed by atoms with E-state index < -0.39 is 5.60 Å². The smallest absolute Gasteiger partial charge is 0.318 e. The Labute approximate surface area is 264 Å². The number of β-amino-alcohol motifs (C(OH)–C–C–N with tert-alkyl or cyclic N) is 1. The lowest BCUT2D eigenvalue weighted by molar-refractivity contribution is 0.0445. The summed E-state index contributed by atoms with van der Waals surface area (Å²) in [5.74, 6) is 3.16. The number of phenolic OH excluding ortho intramolecular Hbond substituents is 1. The van der Waals surface area contributed by atoms with E-state index in [1.807, 2.05) is 19.1 Å². The number of anilines is 1. The third-order valence-electron chi connectivity index (χ3n) is 9.69. The van der Waals surface area contributed by atoms with Crippen molar-refractivity contribution >= 4 is 22.5 Å². The van der Waals surface area contributed by atoms with Gasteiger partial charge in [0.1, 0.15) is 11.6 Å². The summed E-state index contributed by atoms with van der Waals surface area (Å²) < 4.78 is 12.0. The molecule has 45 heavy (non-hydrogen) atoms. The fraction of sp³-hybridized carbons (Fsp3) is 0.514. The molecule has 10 heteroatoms. The number of aliphatic hydroxyl groups is 1. The topological polar surface area (TPSA) is 111 Å². The predicted molar refractivity (Wildman–Crippen MR) is 170 cm³/mol. The van der Waals surface area contributed by atoms with Crippen LogP contribution in [-0.4, -0.2) is 94.0 Å². The number of nitrogens with zero attached hydrogens (tertiary/aromatic N) is 5. The fourth-order valence-corrected chi connectivity index (χ4v) is 7.13. The van der Waals surface area contributed by atoms with Crippen LogP contribution in [0.4, 0.5) is 5.82 Å². The maximum absolute atomic E-state index is 14.1. The molecular formula is C35H41N5O5. The van der Waals surface area contributed by atoms with E-state index in [1.54, 1.807) is 17.0 Å². The second kappa shape index (κ2) is 11.8. The largest absolute Gasteiger partial charge is 0.508 e. The lowest BCUT2D eigenvalue weighted by atomic mass is 9.95. The minimum absolute atomic E-state index is 0.00477. The van der Waals surface area contributed by atoms with Crippen LogP contribution in [0.25, 0.3) is 10.8 Å². The number of aromatic nitrogens is 2. The number of aromatic hydroxyl groups is 1. The third kappa shape index (κ3) is 6.17. The van der Waals surface area contributed by atoms with E-state index in [0.717, 1.165) is 82.8 Å². The Morgan fingerprint density at radius 2 is 1.98 bits per heavy atom. The van der Waals surface area contributed by atoms with Gasteiger partial charge in [0.2, 0.25) is 0 Å². The maximum atomic E-state index is 14.1. The molecule has 10 nitrogen and oxygen atoms in total. The Morgan fingerprint density at radius 3 is 2.78 bits per heavy atom. The molecule has 2 N–H and O–H groups in total. The van der Waals surface area contributed by atoms with Gasteiger partial charge in [0.05, 0.1) is 43.2 Å². The van der Waals surface area contributed by atoms with Crippen molar-refractivity contribution in [2.75, 3.05) is 57.4 Å². The van der Waals surface area contributed by atoms with Crippen LogP contribution in [-0.2, 0) is 17.8 Å². The van der Waals surface area contributed by atoms with Crippen molar-refractivity contribution in [1.82, 2.24) is 19.8 Å². The van der Waals surface area contributed by atoms with Crippen LogP contribution in [0.5, 0.6) is 11.8 Å². The molecule has 2 aromatic carbocycles. The Bertz CT molecular complexity index is 1650. The van der Waals surface area contributed by atoms with E-state index in [0.29, 0.717) is 53.4 Å². The summed E-state index contributed by atoms with van der Waals surface area (Å²) >= 11 is 0. The zero-order chi connectivity index (χ0) is 31.2. The maximum Gasteiger partial charge on any atom is 0.318 e. The van der Waals surface area contributed by atoms with Gasteiger partial charge < -0.3 is 34.4 Å². The number of fused-ring (bicyclic) bond motifs is 2. The quantitative estimate of drug-likeness (QED) is 0.387. The minimum Gasteiger partial charge on any atom is -0.508 e. The van der Waals surface area contributed by atoms with Crippen LogP contribution in [0.3, 0.4) is 0 Å². The Kier molecular flexibility index (Phi) is 7.80. The zero-order valence-corrected chi connectivity index (χ0v) is 25.9. The second-order valence-electron chi connectivity index (χ2n) is 13.5. The van der Waals surface area contributed by atoms with Gasteiger partial charge in [0.15, 0.2) is 0 Å². The van der Waals surface area contributed by atoms with Gasteiger partial charge in [-0.2, -0.15) is 9.97 Å². The summed E-state index contributed by atoms with van der Waals surface area (Å²) in [6.45, 7) is 8.70. The summed E-state index contributed by atoms with van der Waals surface area (Å²) in [5.41, 5.74) is 1.81. The van der Waals surface area contributed by atoms with Crippen molar-refractivity contribution in [1.29, 1.82) is 0 Å². The van der Waals surface area contributed by atoms with Gasteiger partial charge in [0, 0.05) is 61.3 Å². The number of ether oxygens (including phenoxy) is 2. The summed E-state index contributed by atoms with van der Waals surface area (Å²) in [7, 11) is 0. The summed E-state index contributed by atoms with van der Waals surface area (Å²) in [5, 5.41) is 22.8. The van der Waals surface area contributed by atoms with Gasteiger partial charge >= 0.3 is 6.01 Å². The number of terminal acetylenes is 1. The number of hydrogen-bond acceptors (Lipinski definition) is 9. The number of benzene rings is 2. The van der Waals surface area contributed by atoms with Gasteiger partial charge in [0.25, 0.3) is 5.91 Å². The average molecular weight is 612 g/mol. The number of carbonyl (C=O) groups excluding carboxylic acids is 1. The first-order valence-corrected chi connectivity index (χ1v) is 16.0. The molecule has 0 spiro atoms.